The van der Waals surface area contributed by atoms with Crippen LogP contribution >= 0.6 is 0 Å². The average Bonchev–Trinajstić information content (AvgIpc) is 3.35. The van der Waals surface area contributed by atoms with Crippen LogP contribution in [0.15, 0.2) is 144 Å². The summed E-state index contributed by atoms with van der Waals surface area (Å²) >= 11 is 0. The topological polar surface area (TPSA) is 172 Å². The summed E-state index contributed by atoms with van der Waals surface area (Å²) in [7, 11) is 0. The summed E-state index contributed by atoms with van der Waals surface area (Å²) in [6.07, 6.45) is 0.709. The van der Waals surface area contributed by atoms with Crippen molar-refractivity contribution in [2.45, 2.75) is 44.2 Å². The van der Waals surface area contributed by atoms with Gasteiger partial charge in [0, 0.05) is 36.5 Å². The van der Waals surface area contributed by atoms with Crippen LogP contribution in [0.1, 0.15) is 63.2 Å². The van der Waals surface area contributed by atoms with E-state index in [-0.39, 0.29) is 49.3 Å². The molecule has 3 saturated heterocycles. The molecule has 7 aromatic rings. The highest BCUT2D eigenvalue weighted by atomic mass is 16.6. The number of esters is 1. The smallest absolute Gasteiger partial charge is 0.408 e. The van der Waals surface area contributed by atoms with Gasteiger partial charge in [-0.05, 0) is 108 Å². The second-order valence-electron chi connectivity index (χ2n) is 16.8. The van der Waals surface area contributed by atoms with Crippen molar-refractivity contribution in [2.75, 3.05) is 39.4 Å². The summed E-state index contributed by atoms with van der Waals surface area (Å²) in [5.74, 6) is 1.18. The fourth-order valence-electron chi connectivity index (χ4n) is 9.01. The van der Waals surface area contributed by atoms with Crippen LogP contribution in [0.2, 0.25) is 0 Å². The maximum Gasteiger partial charge on any atom is 0.408 e. The van der Waals surface area contributed by atoms with E-state index in [1.807, 2.05) is 103 Å². The molecule has 5 N–H and O–H groups in total. The summed E-state index contributed by atoms with van der Waals surface area (Å²) in [4.78, 5) is 43.0. The number of benzene rings is 6. The first kappa shape index (κ1) is 44.0. The van der Waals surface area contributed by atoms with Gasteiger partial charge in [-0.1, -0.05) is 91.0 Å². The first-order chi connectivity index (χ1) is 32.3. The van der Waals surface area contributed by atoms with E-state index in [4.69, 9.17) is 18.9 Å². The Labute approximate surface area is 381 Å². The van der Waals surface area contributed by atoms with E-state index >= 15 is 0 Å². The number of phenols is 1. The van der Waals surface area contributed by atoms with Crippen LogP contribution in [0.5, 0.6) is 17.2 Å². The van der Waals surface area contributed by atoms with Gasteiger partial charge in [-0.25, -0.2) is 9.59 Å². The van der Waals surface area contributed by atoms with Gasteiger partial charge in [0.25, 0.3) is 0 Å². The first-order valence-electron chi connectivity index (χ1n) is 22.4. The molecule has 3 atom stereocenters. The maximum absolute atomic E-state index is 13.3. The number of fused-ring (bicyclic) bond motifs is 5. The van der Waals surface area contributed by atoms with E-state index in [0.29, 0.717) is 40.5 Å². The molecule has 0 aliphatic carbocycles. The number of aromatic hydroxyl groups is 1. The van der Waals surface area contributed by atoms with Gasteiger partial charge >= 0.3 is 12.1 Å². The van der Waals surface area contributed by atoms with Gasteiger partial charge in [-0.15, -0.1) is 0 Å². The Morgan fingerprint density at radius 1 is 0.773 bits per heavy atom. The van der Waals surface area contributed by atoms with Gasteiger partial charge in [0.15, 0.2) is 0 Å². The standard InChI is InChI=1S/C53H52N4O9/c58-45-20-18-42(44-19-22-49(60)55-51(44)45)46(59)31-54-30-39-17-21-47(43-12-5-4-11-41(39)43)63-27-28-64-52(61)37-15-13-34(14-16-37)33-65-40-10-6-9-38(29-40)50(36-7-2-1-3-8-36)56-53(62)66-48-32-57-25-23-35(48)24-26-57/h1-22,29,35,46,48,50,54,58-59H,23-28,30-33H2,(H,55,60)(H,56,62)/t46?,48-,50?/m0/s1. The number of nitrogens with zero attached hydrogens (tertiary/aromatic N) is 1. The lowest BCUT2D eigenvalue weighted by molar-refractivity contribution is -0.0336. The molecule has 0 saturated carbocycles. The number of ether oxygens (including phenoxy) is 4. The largest absolute Gasteiger partial charge is 0.506 e. The van der Waals surface area contributed by atoms with Gasteiger partial charge in [-0.3, -0.25) is 9.69 Å². The van der Waals surface area contributed by atoms with E-state index in [2.05, 4.69) is 20.5 Å². The van der Waals surface area contributed by atoms with E-state index in [1.165, 1.54) is 12.1 Å². The molecule has 338 valence electrons. The van der Waals surface area contributed by atoms with Crippen molar-refractivity contribution in [3.8, 4) is 17.2 Å². The number of aliphatic hydroxyl groups is 1. The Morgan fingerprint density at radius 2 is 1.55 bits per heavy atom. The number of alkyl carbamates (subject to hydrolysis) is 1. The number of aliphatic hydroxyl groups excluding tert-OH is 1. The van der Waals surface area contributed by atoms with Crippen LogP contribution in [0.4, 0.5) is 4.79 Å². The zero-order chi connectivity index (χ0) is 45.4. The molecule has 3 fully saturated rings. The molecule has 13 heteroatoms. The number of aromatic amines is 1. The fourth-order valence-corrected chi connectivity index (χ4v) is 9.01. The predicted octanol–water partition coefficient (Wildman–Crippen LogP) is 7.93. The minimum Gasteiger partial charge on any atom is -0.506 e. The van der Waals surface area contributed by atoms with Crippen LogP contribution in [-0.2, 0) is 22.6 Å². The first-order valence-corrected chi connectivity index (χ1v) is 22.4. The van der Waals surface area contributed by atoms with Crippen molar-refractivity contribution in [3.63, 3.8) is 0 Å². The van der Waals surface area contributed by atoms with E-state index in [9.17, 15) is 24.6 Å². The minimum atomic E-state index is -0.889. The van der Waals surface area contributed by atoms with E-state index in [0.717, 1.165) is 65.5 Å². The lowest BCUT2D eigenvalue weighted by Gasteiger charge is -2.43. The minimum absolute atomic E-state index is 0.0473. The molecule has 0 radical (unpaired) electrons. The number of pyridine rings is 1. The van der Waals surface area contributed by atoms with E-state index in [1.54, 1.807) is 24.3 Å². The monoisotopic (exact) mass is 888 g/mol. The van der Waals surface area contributed by atoms with Crippen molar-refractivity contribution in [2.24, 2.45) is 5.92 Å². The highest BCUT2D eigenvalue weighted by Gasteiger charge is 2.37. The zero-order valence-electron chi connectivity index (χ0n) is 36.4. The molecule has 1 amide bonds. The van der Waals surface area contributed by atoms with Crippen LogP contribution in [0, 0.1) is 5.92 Å². The highest BCUT2D eigenvalue weighted by Crippen LogP contribution is 2.33. The molecule has 6 aromatic carbocycles. The number of H-pyrrole nitrogens is 1. The SMILES string of the molecule is O=C(NC(c1ccccc1)c1cccc(OCc2ccc(C(=O)OCCOc3ccc(CNCC(O)c4ccc(O)c5[nH]c(=O)ccc45)c4ccccc34)cc2)c1)O[C@H]1CN2CCC1CC2. The molecule has 3 aliphatic heterocycles. The highest BCUT2D eigenvalue weighted by molar-refractivity contribution is 5.91. The lowest BCUT2D eigenvalue weighted by atomic mass is 9.86. The number of carbonyl (C=O) groups excluding carboxylic acids is 2. The Hall–Kier alpha value is -7.19. The summed E-state index contributed by atoms with van der Waals surface area (Å²) in [5, 5.41) is 30.1. The maximum atomic E-state index is 13.3. The van der Waals surface area contributed by atoms with Crippen molar-refractivity contribution < 1.29 is 38.7 Å². The Morgan fingerprint density at radius 3 is 2.33 bits per heavy atom. The molecule has 4 heterocycles. The Kier molecular flexibility index (Phi) is 13.6. The van der Waals surface area contributed by atoms with Crippen LogP contribution in [-0.4, -0.2) is 77.7 Å². The molecule has 13 nitrogen and oxygen atoms in total. The van der Waals surface area contributed by atoms with Crippen molar-refractivity contribution in [3.05, 3.63) is 183 Å². The molecule has 10 rings (SSSR count). The number of phenolic OH excluding ortho intramolecular Hbond substituents is 1. The lowest BCUT2D eigenvalue weighted by Crippen LogP contribution is -2.52. The van der Waals surface area contributed by atoms with Crippen molar-refractivity contribution >= 4 is 33.7 Å². The molecule has 3 aliphatic rings. The second-order valence-corrected chi connectivity index (χ2v) is 16.8. The number of hydrogen-bond acceptors (Lipinski definition) is 11. The normalized spacial score (nSPS) is 17.5. The quantitative estimate of drug-likeness (QED) is 0.0444. The van der Waals surface area contributed by atoms with Crippen molar-refractivity contribution in [1.29, 1.82) is 0 Å². The molecule has 2 unspecified atom stereocenters. The number of carbonyl (C=O) groups is 2. The summed E-state index contributed by atoms with van der Waals surface area (Å²) < 4.78 is 23.8. The molecule has 66 heavy (non-hydrogen) atoms. The summed E-state index contributed by atoms with van der Waals surface area (Å²) in [5.41, 5.74) is 4.60. The van der Waals surface area contributed by atoms with Gasteiger partial charge in [-0.2, -0.15) is 0 Å². The second kappa shape index (κ2) is 20.3. The Bertz CT molecular complexity index is 2860. The third-order valence-corrected chi connectivity index (χ3v) is 12.5. The number of nitrogens with one attached hydrogen (secondary N) is 3. The molecule has 2 bridgehead atoms. The number of amides is 1. The van der Waals surface area contributed by atoms with Gasteiger partial charge in [0.2, 0.25) is 5.56 Å². The molecule has 0 spiro atoms. The molecular weight excluding hydrogens is 837 g/mol. The number of aromatic nitrogens is 1. The van der Waals surface area contributed by atoms with Gasteiger partial charge < -0.3 is 44.8 Å². The third-order valence-electron chi connectivity index (χ3n) is 12.5. The van der Waals surface area contributed by atoms with Crippen LogP contribution in [0.25, 0.3) is 21.7 Å². The van der Waals surface area contributed by atoms with Gasteiger partial charge in [0.05, 0.1) is 23.2 Å². The zero-order valence-corrected chi connectivity index (χ0v) is 36.4. The van der Waals surface area contributed by atoms with Gasteiger partial charge in [0.1, 0.15) is 43.2 Å². The average molecular weight is 889 g/mol. The summed E-state index contributed by atoms with van der Waals surface area (Å²) in [6.45, 7) is 4.10. The number of rotatable bonds is 17. The number of piperidine rings is 3. The molecular formula is C53H52N4O9. The van der Waals surface area contributed by atoms with Crippen molar-refractivity contribution in [1.82, 2.24) is 20.5 Å². The Balaban J connectivity index is 0.747. The van der Waals surface area contributed by atoms with Crippen LogP contribution < -0.4 is 25.7 Å². The van der Waals surface area contributed by atoms with Crippen LogP contribution in [0.3, 0.4) is 0 Å². The third kappa shape index (κ3) is 10.3. The fraction of sp³-hybridized carbons (Fsp3) is 0.264. The molecule has 1 aromatic heterocycles. The summed E-state index contributed by atoms with van der Waals surface area (Å²) in [6, 6.07) is 41.9. The van der Waals surface area contributed by atoms with E-state index < -0.39 is 24.2 Å². The number of hydrogen-bond donors (Lipinski definition) is 5. The predicted molar refractivity (Wildman–Crippen MR) is 251 cm³/mol.